The van der Waals surface area contributed by atoms with E-state index in [1.165, 1.54) is 23.1 Å². The Morgan fingerprint density at radius 2 is 1.73 bits per heavy atom. The Kier molecular flexibility index (Phi) is 5.09. The number of ketones is 1. The lowest BCUT2D eigenvalue weighted by Gasteiger charge is -2.26. The highest BCUT2D eigenvalue weighted by atomic mass is 19.1. The van der Waals surface area contributed by atoms with Crippen LogP contribution in [0.15, 0.2) is 72.3 Å². The third-order valence-corrected chi connectivity index (χ3v) is 5.83. The van der Waals surface area contributed by atoms with E-state index in [0.29, 0.717) is 35.8 Å². The maximum absolute atomic E-state index is 14.0. The van der Waals surface area contributed by atoms with Crippen molar-refractivity contribution in [3.8, 4) is 11.5 Å². The number of rotatable bonds is 3. The zero-order valence-corrected chi connectivity index (χ0v) is 17.7. The number of halogens is 1. The molecule has 1 saturated heterocycles. The lowest BCUT2D eigenvalue weighted by atomic mass is 9.92. The second kappa shape index (κ2) is 8.09. The van der Waals surface area contributed by atoms with Crippen LogP contribution in [0.1, 0.15) is 22.7 Å². The molecular formula is C26H20FNO5. The van der Waals surface area contributed by atoms with Gasteiger partial charge in [0.2, 0.25) is 0 Å². The van der Waals surface area contributed by atoms with Crippen LogP contribution < -0.4 is 14.4 Å². The van der Waals surface area contributed by atoms with Crippen LogP contribution in [0.5, 0.6) is 11.5 Å². The second-order valence-electron chi connectivity index (χ2n) is 7.86. The Morgan fingerprint density at radius 3 is 2.48 bits per heavy atom. The van der Waals surface area contributed by atoms with Crippen molar-refractivity contribution in [3.63, 3.8) is 0 Å². The summed E-state index contributed by atoms with van der Waals surface area (Å²) >= 11 is 0. The van der Waals surface area contributed by atoms with Crippen molar-refractivity contribution in [1.82, 2.24) is 0 Å². The molecule has 7 heteroatoms. The van der Waals surface area contributed by atoms with Gasteiger partial charge in [0.25, 0.3) is 11.7 Å². The summed E-state index contributed by atoms with van der Waals surface area (Å²) in [6.45, 7) is 2.64. The first-order valence-electron chi connectivity index (χ1n) is 10.5. The molecule has 2 heterocycles. The summed E-state index contributed by atoms with van der Waals surface area (Å²) in [5.74, 6) is -1.58. The first-order chi connectivity index (χ1) is 16.0. The highest BCUT2D eigenvalue weighted by Gasteiger charge is 2.47. The fraction of sp³-hybridized carbons (Fsp3) is 0.154. The topological polar surface area (TPSA) is 76.1 Å². The number of carbonyl (C=O) groups excluding carboxylic acids is 2. The summed E-state index contributed by atoms with van der Waals surface area (Å²) in [4.78, 5) is 27.6. The predicted molar refractivity (Wildman–Crippen MR) is 120 cm³/mol. The van der Waals surface area contributed by atoms with E-state index in [1.807, 2.05) is 19.1 Å². The first kappa shape index (κ1) is 20.8. The lowest BCUT2D eigenvalue weighted by molar-refractivity contribution is -0.132. The van der Waals surface area contributed by atoms with Crippen LogP contribution in [0, 0.1) is 12.7 Å². The van der Waals surface area contributed by atoms with Gasteiger partial charge in [-0.2, -0.15) is 0 Å². The number of aliphatic hydroxyl groups is 1. The normalized spacial score (nSPS) is 19.1. The molecule has 0 aliphatic carbocycles. The van der Waals surface area contributed by atoms with Gasteiger partial charge in [-0.15, -0.1) is 0 Å². The van der Waals surface area contributed by atoms with Gasteiger partial charge in [0.1, 0.15) is 24.8 Å². The molecule has 1 unspecified atom stereocenters. The molecule has 3 aromatic rings. The summed E-state index contributed by atoms with van der Waals surface area (Å²) < 4.78 is 25.1. The number of hydrogen-bond acceptors (Lipinski definition) is 5. The van der Waals surface area contributed by atoms with Crippen LogP contribution in [0.4, 0.5) is 10.1 Å². The lowest BCUT2D eigenvalue weighted by Crippen LogP contribution is -2.29. The number of carbonyl (C=O) groups is 2. The van der Waals surface area contributed by atoms with Crippen molar-refractivity contribution in [3.05, 3.63) is 94.8 Å². The number of anilines is 1. The number of benzene rings is 3. The summed E-state index contributed by atoms with van der Waals surface area (Å²) in [5.41, 5.74) is 1.94. The van der Waals surface area contributed by atoms with Crippen molar-refractivity contribution in [2.24, 2.45) is 0 Å². The van der Waals surface area contributed by atoms with Gasteiger partial charge < -0.3 is 14.6 Å². The number of aryl methyl sites for hydroxylation is 1. The highest BCUT2D eigenvalue weighted by molar-refractivity contribution is 6.51. The predicted octanol–water partition coefficient (Wildman–Crippen LogP) is 4.53. The second-order valence-corrected chi connectivity index (χ2v) is 7.86. The molecule has 5 rings (SSSR count). The van der Waals surface area contributed by atoms with Gasteiger partial charge in [-0.25, -0.2) is 4.39 Å². The Balaban J connectivity index is 1.72. The first-order valence-corrected chi connectivity index (χ1v) is 10.5. The van der Waals surface area contributed by atoms with Crippen LogP contribution in [0.3, 0.4) is 0 Å². The number of hydrogen-bond donors (Lipinski definition) is 1. The quantitative estimate of drug-likeness (QED) is 0.364. The van der Waals surface area contributed by atoms with Crippen LogP contribution in [-0.4, -0.2) is 30.0 Å². The van der Waals surface area contributed by atoms with Crippen LogP contribution >= 0.6 is 0 Å². The summed E-state index contributed by atoms with van der Waals surface area (Å²) in [7, 11) is 0. The number of nitrogens with zero attached hydrogens (tertiary/aromatic N) is 1. The maximum atomic E-state index is 14.0. The standard InChI is InChI=1S/C26H20FNO5/c1-15-5-2-3-8-19(15)23-22(24(29)16-9-10-20-21(13-16)33-12-11-32-20)25(30)26(31)28(23)18-7-4-6-17(27)14-18/h2-10,13-14,23,29H,11-12H2,1H3/b24-22+. The zero-order chi connectivity index (χ0) is 23.1. The number of fused-ring (bicyclic) bond motifs is 1. The number of aliphatic hydroxyl groups excluding tert-OH is 1. The molecule has 0 radical (unpaired) electrons. The van der Waals surface area contributed by atoms with E-state index in [2.05, 4.69) is 0 Å². The molecule has 0 saturated carbocycles. The fourth-order valence-corrected chi connectivity index (χ4v) is 4.26. The van der Waals surface area contributed by atoms with Gasteiger partial charge in [0.05, 0.1) is 11.6 Å². The van der Waals surface area contributed by atoms with E-state index in [-0.39, 0.29) is 17.0 Å². The van der Waals surface area contributed by atoms with Gasteiger partial charge in [-0.05, 0) is 54.4 Å². The average Bonchev–Trinajstić information content (AvgIpc) is 3.09. The van der Waals surface area contributed by atoms with E-state index in [0.717, 1.165) is 5.56 Å². The largest absolute Gasteiger partial charge is 0.507 e. The number of amides is 1. The van der Waals surface area contributed by atoms with E-state index in [9.17, 15) is 19.1 Å². The molecule has 2 aliphatic heterocycles. The molecule has 0 spiro atoms. The summed E-state index contributed by atoms with van der Waals surface area (Å²) in [6, 6.07) is 16.7. The summed E-state index contributed by atoms with van der Waals surface area (Å²) in [5, 5.41) is 11.3. The molecule has 6 nitrogen and oxygen atoms in total. The van der Waals surface area contributed by atoms with E-state index in [4.69, 9.17) is 9.47 Å². The molecule has 1 fully saturated rings. The minimum Gasteiger partial charge on any atom is -0.507 e. The monoisotopic (exact) mass is 445 g/mol. The molecular weight excluding hydrogens is 425 g/mol. The fourth-order valence-electron chi connectivity index (χ4n) is 4.26. The molecule has 3 aromatic carbocycles. The Bertz CT molecular complexity index is 1320. The number of Topliss-reactive ketones (excluding diaryl/α,β-unsaturated/α-hetero) is 1. The molecule has 2 aliphatic rings. The van der Waals surface area contributed by atoms with E-state index in [1.54, 1.807) is 36.4 Å². The van der Waals surface area contributed by atoms with E-state index >= 15 is 0 Å². The SMILES string of the molecule is Cc1ccccc1C1/C(=C(\O)c2ccc3c(c2)OCCO3)C(=O)C(=O)N1c1cccc(F)c1. The molecule has 1 amide bonds. The van der Waals surface area contributed by atoms with Crippen LogP contribution in [0.25, 0.3) is 5.76 Å². The van der Waals surface area contributed by atoms with Gasteiger partial charge in [0.15, 0.2) is 11.5 Å². The van der Waals surface area contributed by atoms with Crippen LogP contribution in [-0.2, 0) is 9.59 Å². The van der Waals surface area contributed by atoms with Gasteiger partial charge in [0, 0.05) is 11.3 Å². The minimum atomic E-state index is -0.929. The maximum Gasteiger partial charge on any atom is 0.300 e. The Labute approximate surface area is 189 Å². The van der Waals surface area contributed by atoms with E-state index < -0.39 is 23.5 Å². The van der Waals surface area contributed by atoms with Gasteiger partial charge >= 0.3 is 0 Å². The molecule has 166 valence electrons. The molecule has 0 bridgehead atoms. The van der Waals surface area contributed by atoms with Crippen LogP contribution in [0.2, 0.25) is 0 Å². The average molecular weight is 445 g/mol. The molecule has 0 aromatic heterocycles. The van der Waals surface area contributed by atoms with Crippen molar-refractivity contribution in [2.45, 2.75) is 13.0 Å². The Morgan fingerprint density at radius 1 is 0.970 bits per heavy atom. The third kappa shape index (κ3) is 3.51. The smallest absolute Gasteiger partial charge is 0.300 e. The van der Waals surface area contributed by atoms with Gasteiger partial charge in [-0.1, -0.05) is 30.3 Å². The highest BCUT2D eigenvalue weighted by Crippen LogP contribution is 2.44. The van der Waals surface area contributed by atoms with Gasteiger partial charge in [-0.3, -0.25) is 14.5 Å². The van der Waals surface area contributed by atoms with Crippen molar-refractivity contribution in [1.29, 1.82) is 0 Å². The van der Waals surface area contributed by atoms with Crippen molar-refractivity contribution < 1.29 is 28.6 Å². The molecule has 1 N–H and O–H groups in total. The number of ether oxygens (including phenoxy) is 2. The minimum absolute atomic E-state index is 0.0739. The van der Waals surface area contributed by atoms with Crippen molar-refractivity contribution >= 4 is 23.1 Å². The summed E-state index contributed by atoms with van der Waals surface area (Å²) in [6.07, 6.45) is 0. The molecule has 33 heavy (non-hydrogen) atoms. The molecule has 1 atom stereocenters. The third-order valence-electron chi connectivity index (χ3n) is 5.83. The zero-order valence-electron chi connectivity index (χ0n) is 17.7. The van der Waals surface area contributed by atoms with Crippen molar-refractivity contribution in [2.75, 3.05) is 18.1 Å². The Hall–Kier alpha value is -4.13.